The van der Waals surface area contributed by atoms with Crippen molar-refractivity contribution in [1.82, 2.24) is 4.98 Å². The quantitative estimate of drug-likeness (QED) is 0.252. The van der Waals surface area contributed by atoms with Gasteiger partial charge in [-0.2, -0.15) is 0 Å². The van der Waals surface area contributed by atoms with Crippen LogP contribution in [0.2, 0.25) is 5.02 Å². The summed E-state index contributed by atoms with van der Waals surface area (Å²) in [6, 6.07) is 18.7. The van der Waals surface area contributed by atoms with E-state index in [2.05, 4.69) is 4.98 Å². The highest BCUT2D eigenvalue weighted by Crippen LogP contribution is 2.45. The lowest BCUT2D eigenvalue weighted by Gasteiger charge is -2.25. The standard InChI is InChI=1S/C29H23ClN2O5S/c1-3-37-22-14-10-18(15-23(22)36-2)26-25(21(33)13-9-17-7-5-4-6-8-17)27(34)28(35)32(26)29-31-20-12-11-19(30)16-24(20)38-29/h4-16,26,34H,3H2,1-2H3/b13-9+. The van der Waals surface area contributed by atoms with Gasteiger partial charge >= 0.3 is 0 Å². The maximum absolute atomic E-state index is 13.5. The predicted octanol–water partition coefficient (Wildman–Crippen LogP) is 6.54. The van der Waals surface area contributed by atoms with Crippen molar-refractivity contribution >= 4 is 56.1 Å². The fourth-order valence-electron chi connectivity index (χ4n) is 4.31. The number of halogens is 1. The van der Waals surface area contributed by atoms with Gasteiger partial charge in [-0.3, -0.25) is 14.5 Å². The van der Waals surface area contributed by atoms with Crippen LogP contribution in [0.3, 0.4) is 0 Å². The van der Waals surface area contributed by atoms with Crippen LogP contribution in [0.15, 0.2) is 84.1 Å². The number of aliphatic hydroxyl groups is 1. The van der Waals surface area contributed by atoms with E-state index < -0.39 is 23.5 Å². The van der Waals surface area contributed by atoms with Crippen molar-refractivity contribution < 1.29 is 24.2 Å². The molecule has 1 amide bonds. The number of rotatable bonds is 8. The zero-order valence-corrected chi connectivity index (χ0v) is 22.1. The van der Waals surface area contributed by atoms with Crippen LogP contribution in [-0.4, -0.2) is 35.5 Å². The van der Waals surface area contributed by atoms with Crippen molar-refractivity contribution in [1.29, 1.82) is 0 Å². The first kappa shape index (κ1) is 25.5. The SMILES string of the molecule is CCOc1ccc(C2C(C(=O)/C=C/c3ccccc3)=C(O)C(=O)N2c2nc3ccc(Cl)cc3s2)cc1OC. The van der Waals surface area contributed by atoms with Crippen molar-refractivity contribution in [2.45, 2.75) is 13.0 Å². The molecule has 0 saturated heterocycles. The molecular formula is C29H23ClN2O5S. The second kappa shape index (κ2) is 10.7. The number of hydrogen-bond acceptors (Lipinski definition) is 7. The van der Waals surface area contributed by atoms with E-state index in [1.54, 1.807) is 42.5 Å². The zero-order valence-electron chi connectivity index (χ0n) is 20.6. The number of aliphatic hydroxyl groups excluding tert-OH is 1. The van der Waals surface area contributed by atoms with Crippen molar-refractivity contribution in [3.8, 4) is 11.5 Å². The van der Waals surface area contributed by atoms with Gasteiger partial charge in [0.2, 0.25) is 0 Å². The molecule has 1 aliphatic rings. The predicted molar refractivity (Wildman–Crippen MR) is 149 cm³/mol. The topological polar surface area (TPSA) is 89.0 Å². The minimum atomic E-state index is -0.948. The fraction of sp³-hybridized carbons (Fsp3) is 0.138. The third-order valence-corrected chi connectivity index (χ3v) is 7.30. The van der Waals surface area contributed by atoms with Gasteiger partial charge in [-0.15, -0.1) is 0 Å². The molecule has 9 heteroatoms. The Bertz CT molecular complexity index is 1600. The summed E-state index contributed by atoms with van der Waals surface area (Å²) in [4.78, 5) is 32.9. The Hall–Kier alpha value is -4.14. The second-order valence-corrected chi connectivity index (χ2v) is 9.85. The number of ether oxygens (including phenoxy) is 2. The maximum atomic E-state index is 13.5. The van der Waals surface area contributed by atoms with Crippen molar-refractivity contribution in [3.63, 3.8) is 0 Å². The van der Waals surface area contributed by atoms with Gasteiger partial charge < -0.3 is 14.6 Å². The lowest BCUT2D eigenvalue weighted by atomic mass is 9.95. The fourth-order valence-corrected chi connectivity index (χ4v) is 5.58. The number of anilines is 1. The molecule has 1 aromatic heterocycles. The van der Waals surface area contributed by atoms with Crippen molar-refractivity contribution in [2.75, 3.05) is 18.6 Å². The maximum Gasteiger partial charge on any atom is 0.296 e. The zero-order chi connectivity index (χ0) is 26.8. The second-order valence-electron chi connectivity index (χ2n) is 8.40. The van der Waals surface area contributed by atoms with E-state index in [0.29, 0.717) is 39.3 Å². The summed E-state index contributed by atoms with van der Waals surface area (Å²) in [6.45, 7) is 2.30. The van der Waals surface area contributed by atoms with E-state index in [0.717, 1.165) is 10.3 Å². The Balaban J connectivity index is 1.63. The number of hydrogen-bond donors (Lipinski definition) is 1. The Morgan fingerprint density at radius 1 is 1.13 bits per heavy atom. The first-order valence-corrected chi connectivity index (χ1v) is 13.0. The molecule has 3 aromatic carbocycles. The van der Waals surface area contributed by atoms with Crippen LogP contribution in [0.25, 0.3) is 16.3 Å². The number of allylic oxidation sites excluding steroid dienone is 1. The molecule has 192 valence electrons. The van der Waals surface area contributed by atoms with Crippen molar-refractivity contribution in [2.24, 2.45) is 0 Å². The van der Waals surface area contributed by atoms with Gasteiger partial charge in [0.1, 0.15) is 0 Å². The smallest absolute Gasteiger partial charge is 0.296 e. The van der Waals surface area contributed by atoms with E-state index in [9.17, 15) is 14.7 Å². The molecule has 7 nitrogen and oxygen atoms in total. The van der Waals surface area contributed by atoms with E-state index >= 15 is 0 Å². The minimum Gasteiger partial charge on any atom is -0.503 e. The average Bonchev–Trinajstić information content (AvgIpc) is 3.45. The normalized spacial score (nSPS) is 15.6. The molecule has 0 bridgehead atoms. The molecule has 1 N–H and O–H groups in total. The molecule has 2 heterocycles. The summed E-state index contributed by atoms with van der Waals surface area (Å²) < 4.78 is 11.9. The number of carbonyl (C=O) groups is 2. The van der Waals surface area contributed by atoms with Crippen LogP contribution in [0.5, 0.6) is 11.5 Å². The number of thiazole rings is 1. The highest BCUT2D eigenvalue weighted by Gasteiger charge is 2.45. The van der Waals surface area contributed by atoms with E-state index in [4.69, 9.17) is 21.1 Å². The van der Waals surface area contributed by atoms with Gasteiger partial charge in [-0.05, 0) is 54.5 Å². The van der Waals surface area contributed by atoms with Crippen molar-refractivity contribution in [3.05, 3.63) is 100 Å². The average molecular weight is 547 g/mol. The summed E-state index contributed by atoms with van der Waals surface area (Å²) in [5.41, 5.74) is 1.96. The summed E-state index contributed by atoms with van der Waals surface area (Å²) in [7, 11) is 1.51. The number of aromatic nitrogens is 1. The van der Waals surface area contributed by atoms with Crippen LogP contribution in [0.4, 0.5) is 5.13 Å². The van der Waals surface area contributed by atoms with Crippen LogP contribution in [0.1, 0.15) is 24.1 Å². The first-order chi connectivity index (χ1) is 18.4. The van der Waals surface area contributed by atoms with E-state index in [1.807, 2.05) is 37.3 Å². The van der Waals surface area contributed by atoms with Crippen LogP contribution < -0.4 is 14.4 Å². The number of carbonyl (C=O) groups excluding carboxylic acids is 2. The molecule has 38 heavy (non-hydrogen) atoms. The van der Waals surface area contributed by atoms with Gasteiger partial charge in [-0.25, -0.2) is 4.98 Å². The highest BCUT2D eigenvalue weighted by molar-refractivity contribution is 7.22. The lowest BCUT2D eigenvalue weighted by molar-refractivity contribution is -0.117. The highest BCUT2D eigenvalue weighted by atomic mass is 35.5. The Labute approximate surface area is 228 Å². The Kier molecular flexibility index (Phi) is 7.18. The molecule has 0 spiro atoms. The molecule has 1 unspecified atom stereocenters. The van der Waals surface area contributed by atoms with Gasteiger partial charge in [-0.1, -0.05) is 65.4 Å². The van der Waals surface area contributed by atoms with Gasteiger partial charge in [0.15, 0.2) is 28.2 Å². The van der Waals surface area contributed by atoms with E-state index in [-0.39, 0.29) is 5.57 Å². The molecule has 0 aliphatic carbocycles. The third-order valence-electron chi connectivity index (χ3n) is 6.05. The molecule has 0 fully saturated rings. The van der Waals surface area contributed by atoms with Crippen LogP contribution in [0, 0.1) is 0 Å². The van der Waals surface area contributed by atoms with Crippen LogP contribution >= 0.6 is 22.9 Å². The summed E-state index contributed by atoms with van der Waals surface area (Å²) >= 11 is 7.40. The van der Waals surface area contributed by atoms with Gasteiger partial charge in [0.05, 0.1) is 35.5 Å². The number of amides is 1. The molecule has 0 saturated carbocycles. The summed E-state index contributed by atoms with van der Waals surface area (Å²) in [6.07, 6.45) is 3.00. The number of benzene rings is 3. The Morgan fingerprint density at radius 2 is 1.92 bits per heavy atom. The summed E-state index contributed by atoms with van der Waals surface area (Å²) in [5.74, 6) is -0.878. The minimum absolute atomic E-state index is 0.0503. The lowest BCUT2D eigenvalue weighted by Crippen LogP contribution is -2.30. The third kappa shape index (κ3) is 4.76. The number of nitrogens with zero attached hydrogens (tertiary/aromatic N) is 2. The van der Waals surface area contributed by atoms with Gasteiger partial charge in [0, 0.05) is 5.02 Å². The van der Waals surface area contributed by atoms with E-state index in [1.165, 1.54) is 29.4 Å². The van der Waals surface area contributed by atoms with Gasteiger partial charge in [0.25, 0.3) is 5.91 Å². The first-order valence-electron chi connectivity index (χ1n) is 11.8. The monoisotopic (exact) mass is 546 g/mol. The van der Waals surface area contributed by atoms with Crippen LogP contribution in [-0.2, 0) is 9.59 Å². The molecule has 5 rings (SSSR count). The number of methoxy groups -OCH3 is 1. The summed E-state index contributed by atoms with van der Waals surface area (Å²) in [5, 5.41) is 11.9. The molecule has 1 atom stereocenters. The molecule has 0 radical (unpaired) electrons. The number of ketones is 1. The Morgan fingerprint density at radius 3 is 2.66 bits per heavy atom. The molecular weight excluding hydrogens is 524 g/mol. The number of fused-ring (bicyclic) bond motifs is 1. The molecule has 4 aromatic rings. The largest absolute Gasteiger partial charge is 0.503 e. The molecule has 1 aliphatic heterocycles.